The lowest BCUT2D eigenvalue weighted by atomic mass is 10.2. The number of carbonyl (C=O) groups excluding carboxylic acids is 1. The molecule has 0 aliphatic heterocycles. The van der Waals surface area contributed by atoms with Gasteiger partial charge in [-0.05, 0) is 17.4 Å². The second kappa shape index (κ2) is 5.32. The van der Waals surface area contributed by atoms with Gasteiger partial charge in [-0.1, -0.05) is 37.3 Å². The third kappa shape index (κ3) is 2.86. The fraction of sp³-hybridized carbons (Fsp3) is 0.500. The third-order valence-electron chi connectivity index (χ3n) is 3.46. The maximum atomic E-state index is 11.4. The number of esters is 1. The number of rotatable bonds is 5. The lowest BCUT2D eigenvalue weighted by molar-refractivity contribution is -0.143. The van der Waals surface area contributed by atoms with E-state index in [4.69, 9.17) is 9.47 Å². The Morgan fingerprint density at radius 1 is 1.29 bits per heavy atom. The highest BCUT2D eigenvalue weighted by Gasteiger charge is 2.52. The van der Waals surface area contributed by atoms with Gasteiger partial charge < -0.3 is 9.47 Å². The van der Waals surface area contributed by atoms with Crippen molar-refractivity contribution in [2.45, 2.75) is 13.5 Å². The van der Waals surface area contributed by atoms with E-state index in [0.717, 1.165) is 5.56 Å². The molecule has 92 valence electrons. The Morgan fingerprint density at radius 2 is 2.00 bits per heavy atom. The first kappa shape index (κ1) is 12.1. The van der Waals surface area contributed by atoms with E-state index < -0.39 is 0 Å². The molecule has 2 rings (SSSR count). The molecule has 1 aromatic rings. The topological polar surface area (TPSA) is 35.5 Å². The first-order valence-electron chi connectivity index (χ1n) is 5.93. The molecule has 1 saturated carbocycles. The molecule has 17 heavy (non-hydrogen) atoms. The van der Waals surface area contributed by atoms with E-state index >= 15 is 0 Å². The van der Waals surface area contributed by atoms with Crippen LogP contribution in [0.1, 0.15) is 12.5 Å². The van der Waals surface area contributed by atoms with Crippen molar-refractivity contribution in [1.29, 1.82) is 0 Å². The summed E-state index contributed by atoms with van der Waals surface area (Å²) in [6.07, 6.45) is 0. The van der Waals surface area contributed by atoms with Crippen molar-refractivity contribution in [1.82, 2.24) is 0 Å². The van der Waals surface area contributed by atoms with Crippen molar-refractivity contribution in [3.63, 3.8) is 0 Å². The fourth-order valence-electron chi connectivity index (χ4n) is 2.21. The molecule has 0 saturated heterocycles. The van der Waals surface area contributed by atoms with Crippen molar-refractivity contribution in [3.05, 3.63) is 35.9 Å². The Kier molecular flexibility index (Phi) is 3.79. The van der Waals surface area contributed by atoms with Crippen LogP contribution in [0.4, 0.5) is 0 Å². The van der Waals surface area contributed by atoms with Crippen LogP contribution in [0.3, 0.4) is 0 Å². The Balaban J connectivity index is 1.72. The van der Waals surface area contributed by atoms with E-state index in [0.29, 0.717) is 25.0 Å². The maximum Gasteiger partial charge on any atom is 0.309 e. The zero-order valence-corrected chi connectivity index (χ0v) is 10.3. The van der Waals surface area contributed by atoms with Gasteiger partial charge in [-0.15, -0.1) is 0 Å². The maximum absolute atomic E-state index is 11.4. The SMILES string of the molecule is COC(=O)C1C(C)C1COCc1ccccc1. The minimum atomic E-state index is -0.106. The molecule has 0 bridgehead atoms. The van der Waals surface area contributed by atoms with Gasteiger partial charge in [-0.25, -0.2) is 0 Å². The molecule has 1 aliphatic rings. The number of methoxy groups -OCH3 is 1. The summed E-state index contributed by atoms with van der Waals surface area (Å²) >= 11 is 0. The number of ether oxygens (including phenoxy) is 2. The lowest BCUT2D eigenvalue weighted by Gasteiger charge is -2.03. The molecule has 0 spiro atoms. The van der Waals surface area contributed by atoms with Crippen molar-refractivity contribution in [2.24, 2.45) is 17.8 Å². The number of carbonyl (C=O) groups is 1. The van der Waals surface area contributed by atoms with Gasteiger partial charge >= 0.3 is 5.97 Å². The lowest BCUT2D eigenvalue weighted by Crippen LogP contribution is -2.07. The summed E-state index contributed by atoms with van der Waals surface area (Å²) in [5.74, 6) is 0.644. The molecule has 0 N–H and O–H groups in total. The van der Waals surface area contributed by atoms with E-state index in [1.54, 1.807) is 0 Å². The van der Waals surface area contributed by atoms with Gasteiger partial charge in [0, 0.05) is 0 Å². The van der Waals surface area contributed by atoms with Crippen molar-refractivity contribution in [3.8, 4) is 0 Å². The third-order valence-corrected chi connectivity index (χ3v) is 3.46. The van der Waals surface area contributed by atoms with Crippen LogP contribution in [0.25, 0.3) is 0 Å². The molecule has 1 aliphatic carbocycles. The van der Waals surface area contributed by atoms with Gasteiger partial charge in [-0.3, -0.25) is 4.79 Å². The highest BCUT2D eigenvalue weighted by molar-refractivity contribution is 5.76. The Morgan fingerprint density at radius 3 is 2.65 bits per heavy atom. The van der Waals surface area contributed by atoms with Crippen LogP contribution in [0.15, 0.2) is 30.3 Å². The second-order valence-corrected chi connectivity index (χ2v) is 4.57. The number of hydrogen-bond acceptors (Lipinski definition) is 3. The van der Waals surface area contributed by atoms with Crippen molar-refractivity contribution in [2.75, 3.05) is 13.7 Å². The summed E-state index contributed by atoms with van der Waals surface area (Å²) in [6.45, 7) is 3.31. The van der Waals surface area contributed by atoms with Gasteiger partial charge in [0.25, 0.3) is 0 Å². The predicted octanol–water partition coefficient (Wildman–Crippen LogP) is 2.26. The van der Waals surface area contributed by atoms with E-state index in [1.165, 1.54) is 7.11 Å². The van der Waals surface area contributed by atoms with Gasteiger partial charge in [0.05, 0.1) is 26.2 Å². The summed E-state index contributed by atoms with van der Waals surface area (Å²) in [4.78, 5) is 11.4. The van der Waals surface area contributed by atoms with Crippen molar-refractivity contribution < 1.29 is 14.3 Å². The van der Waals surface area contributed by atoms with Crippen LogP contribution in [0.2, 0.25) is 0 Å². The molecule has 3 atom stereocenters. The molecule has 3 nitrogen and oxygen atoms in total. The molecule has 0 amide bonds. The molecule has 0 heterocycles. The average molecular weight is 234 g/mol. The summed E-state index contributed by atoms with van der Waals surface area (Å²) in [7, 11) is 1.44. The second-order valence-electron chi connectivity index (χ2n) is 4.57. The van der Waals surface area contributed by atoms with E-state index in [-0.39, 0.29) is 11.9 Å². The van der Waals surface area contributed by atoms with Crippen LogP contribution < -0.4 is 0 Å². The highest BCUT2D eigenvalue weighted by Crippen LogP contribution is 2.46. The van der Waals surface area contributed by atoms with E-state index in [9.17, 15) is 4.79 Å². The molecule has 1 aromatic carbocycles. The molecular weight excluding hydrogens is 216 g/mol. The fourth-order valence-corrected chi connectivity index (χ4v) is 2.21. The van der Waals surface area contributed by atoms with Gasteiger partial charge in [0.2, 0.25) is 0 Å². The Hall–Kier alpha value is -1.35. The van der Waals surface area contributed by atoms with Crippen LogP contribution >= 0.6 is 0 Å². The standard InChI is InChI=1S/C14H18O3/c1-10-12(13(10)14(15)16-2)9-17-8-11-6-4-3-5-7-11/h3-7,10,12-13H,8-9H2,1-2H3. The summed E-state index contributed by atoms with van der Waals surface area (Å²) in [5.41, 5.74) is 1.16. The van der Waals surface area contributed by atoms with Crippen LogP contribution in [-0.2, 0) is 20.9 Å². The predicted molar refractivity (Wildman–Crippen MR) is 64.3 cm³/mol. The Labute approximate surface area is 102 Å². The summed E-state index contributed by atoms with van der Waals surface area (Å²) in [5, 5.41) is 0. The molecule has 3 unspecified atom stereocenters. The van der Waals surface area contributed by atoms with Gasteiger partial charge in [0.1, 0.15) is 0 Å². The van der Waals surface area contributed by atoms with E-state index in [2.05, 4.69) is 6.92 Å². The number of benzene rings is 1. The van der Waals surface area contributed by atoms with Gasteiger partial charge in [0.15, 0.2) is 0 Å². The first-order valence-corrected chi connectivity index (χ1v) is 5.93. The minimum Gasteiger partial charge on any atom is -0.469 e. The highest BCUT2D eigenvalue weighted by atomic mass is 16.5. The molecule has 0 radical (unpaired) electrons. The molecule has 1 fully saturated rings. The smallest absolute Gasteiger partial charge is 0.309 e. The zero-order chi connectivity index (χ0) is 12.3. The Bertz CT molecular complexity index is 374. The van der Waals surface area contributed by atoms with Crippen LogP contribution in [0, 0.1) is 17.8 Å². The average Bonchev–Trinajstić information content (AvgIpc) is 3.00. The molecule has 0 aromatic heterocycles. The quantitative estimate of drug-likeness (QED) is 0.733. The summed E-state index contributed by atoms with van der Waals surface area (Å²) < 4.78 is 10.4. The van der Waals surface area contributed by atoms with Gasteiger partial charge in [-0.2, -0.15) is 0 Å². The van der Waals surface area contributed by atoms with Crippen LogP contribution in [0.5, 0.6) is 0 Å². The van der Waals surface area contributed by atoms with E-state index in [1.807, 2.05) is 30.3 Å². The zero-order valence-electron chi connectivity index (χ0n) is 10.3. The largest absolute Gasteiger partial charge is 0.469 e. The van der Waals surface area contributed by atoms with Crippen LogP contribution in [-0.4, -0.2) is 19.7 Å². The monoisotopic (exact) mass is 234 g/mol. The first-order chi connectivity index (χ1) is 8.24. The minimum absolute atomic E-state index is 0.0378. The summed E-state index contributed by atoms with van der Waals surface area (Å²) in [6, 6.07) is 10.0. The number of hydrogen-bond donors (Lipinski definition) is 0. The van der Waals surface area contributed by atoms with Crippen molar-refractivity contribution >= 4 is 5.97 Å². The molecule has 3 heteroatoms. The molecular formula is C14H18O3. The normalized spacial score (nSPS) is 26.6.